The number of carbonyl (C=O) groups excluding carboxylic acids is 1. The number of benzene rings is 2. The number of amides is 1. The lowest BCUT2D eigenvalue weighted by Gasteiger charge is -2.15. The maximum atomic E-state index is 12.2. The van der Waals surface area contributed by atoms with E-state index in [2.05, 4.69) is 10.3 Å². The van der Waals surface area contributed by atoms with Gasteiger partial charge < -0.3 is 16.8 Å². The van der Waals surface area contributed by atoms with Crippen molar-refractivity contribution in [2.45, 2.75) is 18.2 Å². The van der Waals surface area contributed by atoms with Gasteiger partial charge in [0.25, 0.3) is 5.91 Å². The Bertz CT molecular complexity index is 966. The molecule has 0 aromatic heterocycles. The number of carbonyl (C=O) groups is 1. The standard InChI is InChI=1S/C17H19ClN4O3S/c1-3-10-8-14(21-12-6-4-11(18)5-7-12)15(26(2,24)25)9-13(10)16(23)22-17(19)20/h4-9,21H,3H2,1-2H3,(H4,19,20,22,23). The Labute approximate surface area is 157 Å². The minimum atomic E-state index is -3.62. The Kier molecular flexibility index (Phi) is 5.89. The molecule has 9 heteroatoms. The molecule has 0 fully saturated rings. The van der Waals surface area contributed by atoms with E-state index in [1.807, 2.05) is 6.92 Å². The van der Waals surface area contributed by atoms with Crippen LogP contribution in [0.2, 0.25) is 5.02 Å². The van der Waals surface area contributed by atoms with Gasteiger partial charge >= 0.3 is 0 Å². The molecular formula is C17H19ClN4O3S. The summed E-state index contributed by atoms with van der Waals surface area (Å²) < 4.78 is 24.5. The number of anilines is 2. The van der Waals surface area contributed by atoms with Gasteiger partial charge in [-0.1, -0.05) is 18.5 Å². The molecular weight excluding hydrogens is 376 g/mol. The molecule has 2 aromatic rings. The fourth-order valence-corrected chi connectivity index (χ4v) is 3.35. The molecule has 0 aliphatic rings. The summed E-state index contributed by atoms with van der Waals surface area (Å²) in [4.78, 5) is 15.7. The first-order chi connectivity index (χ1) is 12.1. The highest BCUT2D eigenvalue weighted by Gasteiger charge is 2.20. The van der Waals surface area contributed by atoms with Crippen LogP contribution >= 0.6 is 11.6 Å². The zero-order chi connectivity index (χ0) is 19.5. The van der Waals surface area contributed by atoms with Crippen molar-refractivity contribution in [3.05, 3.63) is 52.5 Å². The van der Waals surface area contributed by atoms with Crippen molar-refractivity contribution in [2.24, 2.45) is 16.5 Å². The van der Waals surface area contributed by atoms with E-state index in [9.17, 15) is 13.2 Å². The van der Waals surface area contributed by atoms with Gasteiger partial charge in [-0.25, -0.2) is 8.42 Å². The highest BCUT2D eigenvalue weighted by molar-refractivity contribution is 7.90. The summed E-state index contributed by atoms with van der Waals surface area (Å²) >= 11 is 5.87. The van der Waals surface area contributed by atoms with Crippen LogP contribution in [-0.4, -0.2) is 26.5 Å². The van der Waals surface area contributed by atoms with E-state index in [0.717, 1.165) is 6.26 Å². The quantitative estimate of drug-likeness (QED) is 0.528. The molecule has 0 atom stereocenters. The minimum absolute atomic E-state index is 0.0289. The second-order valence-corrected chi connectivity index (χ2v) is 8.03. The minimum Gasteiger partial charge on any atom is -0.370 e. The molecule has 0 radical (unpaired) electrons. The second-order valence-electron chi connectivity index (χ2n) is 5.60. The van der Waals surface area contributed by atoms with Crippen LogP contribution in [-0.2, 0) is 16.3 Å². The van der Waals surface area contributed by atoms with E-state index >= 15 is 0 Å². The number of hydrogen-bond acceptors (Lipinski definition) is 4. The Balaban J connectivity index is 2.62. The largest absolute Gasteiger partial charge is 0.370 e. The Morgan fingerprint density at radius 1 is 1.19 bits per heavy atom. The van der Waals surface area contributed by atoms with Crippen LogP contribution in [0.3, 0.4) is 0 Å². The van der Waals surface area contributed by atoms with Crippen LogP contribution in [0.5, 0.6) is 0 Å². The second kappa shape index (κ2) is 7.76. The SMILES string of the molecule is CCc1cc(Nc2ccc(Cl)cc2)c(S(C)(=O)=O)cc1C(=O)N=C(N)N. The number of guanidine groups is 1. The first kappa shape index (κ1) is 19.7. The molecule has 138 valence electrons. The number of aryl methyl sites for hydroxylation is 1. The number of nitrogens with two attached hydrogens (primary N) is 2. The van der Waals surface area contributed by atoms with E-state index in [0.29, 0.717) is 28.4 Å². The van der Waals surface area contributed by atoms with Gasteiger partial charge in [-0.2, -0.15) is 4.99 Å². The normalized spacial score (nSPS) is 11.0. The average Bonchev–Trinajstić information content (AvgIpc) is 2.54. The van der Waals surface area contributed by atoms with Crippen molar-refractivity contribution in [2.75, 3.05) is 11.6 Å². The highest BCUT2D eigenvalue weighted by atomic mass is 35.5. The van der Waals surface area contributed by atoms with Crippen molar-refractivity contribution in [3.8, 4) is 0 Å². The third-order valence-electron chi connectivity index (χ3n) is 3.57. The first-order valence-electron chi connectivity index (χ1n) is 7.65. The number of nitrogens with zero attached hydrogens (tertiary/aromatic N) is 1. The summed E-state index contributed by atoms with van der Waals surface area (Å²) in [5.41, 5.74) is 12.3. The summed E-state index contributed by atoms with van der Waals surface area (Å²) in [6.07, 6.45) is 1.55. The van der Waals surface area contributed by atoms with E-state index in [1.165, 1.54) is 6.07 Å². The van der Waals surface area contributed by atoms with Crippen molar-refractivity contribution < 1.29 is 13.2 Å². The number of hydrogen-bond donors (Lipinski definition) is 3. The van der Waals surface area contributed by atoms with Crippen LogP contribution in [0.1, 0.15) is 22.8 Å². The lowest BCUT2D eigenvalue weighted by Crippen LogP contribution is -2.24. The average molecular weight is 395 g/mol. The molecule has 0 unspecified atom stereocenters. The van der Waals surface area contributed by atoms with Crippen LogP contribution in [0.4, 0.5) is 11.4 Å². The van der Waals surface area contributed by atoms with Gasteiger partial charge in [0.2, 0.25) is 0 Å². The van der Waals surface area contributed by atoms with E-state index in [4.69, 9.17) is 23.1 Å². The third kappa shape index (κ3) is 4.74. The Hall–Kier alpha value is -2.58. The fraction of sp³-hybridized carbons (Fsp3) is 0.176. The zero-order valence-corrected chi connectivity index (χ0v) is 15.9. The Morgan fingerprint density at radius 3 is 2.31 bits per heavy atom. The summed E-state index contributed by atoms with van der Waals surface area (Å²) in [5.74, 6) is -1.08. The summed E-state index contributed by atoms with van der Waals surface area (Å²) in [6, 6.07) is 9.71. The molecule has 5 N–H and O–H groups in total. The first-order valence-corrected chi connectivity index (χ1v) is 9.92. The summed E-state index contributed by atoms with van der Waals surface area (Å²) in [7, 11) is -3.62. The van der Waals surface area contributed by atoms with Gasteiger partial charge in [-0.15, -0.1) is 0 Å². The molecule has 0 saturated carbocycles. The maximum absolute atomic E-state index is 12.2. The summed E-state index contributed by atoms with van der Waals surface area (Å²) in [5, 5.41) is 3.62. The molecule has 0 spiro atoms. The molecule has 2 aromatic carbocycles. The highest BCUT2D eigenvalue weighted by Crippen LogP contribution is 2.30. The molecule has 0 aliphatic carbocycles. The van der Waals surface area contributed by atoms with Gasteiger partial charge in [0, 0.05) is 22.5 Å². The van der Waals surface area contributed by atoms with Crippen molar-refractivity contribution in [3.63, 3.8) is 0 Å². The Morgan fingerprint density at radius 2 is 1.81 bits per heavy atom. The molecule has 2 rings (SSSR count). The molecule has 0 aliphatic heterocycles. The third-order valence-corrected chi connectivity index (χ3v) is 4.96. The predicted octanol–water partition coefficient (Wildman–Crippen LogP) is 2.46. The molecule has 0 saturated heterocycles. The van der Waals surface area contributed by atoms with Crippen LogP contribution in [0, 0.1) is 0 Å². The van der Waals surface area contributed by atoms with Gasteiger partial charge in [0.05, 0.1) is 10.6 Å². The lowest BCUT2D eigenvalue weighted by molar-refractivity contribution is 0.100. The monoisotopic (exact) mass is 394 g/mol. The zero-order valence-electron chi connectivity index (χ0n) is 14.3. The smallest absolute Gasteiger partial charge is 0.280 e. The van der Waals surface area contributed by atoms with Gasteiger partial charge in [0.1, 0.15) is 0 Å². The maximum Gasteiger partial charge on any atom is 0.280 e. The lowest BCUT2D eigenvalue weighted by atomic mass is 10.0. The van der Waals surface area contributed by atoms with Crippen molar-refractivity contribution in [1.29, 1.82) is 0 Å². The van der Waals surface area contributed by atoms with E-state index < -0.39 is 15.7 Å². The summed E-state index contributed by atoms with van der Waals surface area (Å²) in [6.45, 7) is 1.84. The predicted molar refractivity (Wildman–Crippen MR) is 104 cm³/mol. The number of halogens is 1. The molecule has 1 amide bonds. The topological polar surface area (TPSA) is 128 Å². The van der Waals surface area contributed by atoms with Crippen LogP contribution in [0.25, 0.3) is 0 Å². The van der Waals surface area contributed by atoms with Crippen molar-refractivity contribution in [1.82, 2.24) is 0 Å². The van der Waals surface area contributed by atoms with Gasteiger partial charge in [0.15, 0.2) is 15.8 Å². The number of sulfone groups is 1. The fourth-order valence-electron chi connectivity index (χ4n) is 2.39. The van der Waals surface area contributed by atoms with Gasteiger partial charge in [-0.3, -0.25) is 4.79 Å². The van der Waals surface area contributed by atoms with E-state index in [1.54, 1.807) is 30.3 Å². The molecule has 0 heterocycles. The molecule has 7 nitrogen and oxygen atoms in total. The number of aliphatic imine (C=N–C) groups is 1. The van der Waals surface area contributed by atoms with Gasteiger partial charge in [-0.05, 0) is 48.4 Å². The van der Waals surface area contributed by atoms with Crippen molar-refractivity contribution >= 4 is 44.7 Å². The van der Waals surface area contributed by atoms with Crippen LogP contribution in [0.15, 0.2) is 46.3 Å². The molecule has 0 bridgehead atoms. The molecule has 26 heavy (non-hydrogen) atoms. The number of nitrogens with one attached hydrogen (secondary N) is 1. The number of rotatable bonds is 5. The van der Waals surface area contributed by atoms with Crippen LogP contribution < -0.4 is 16.8 Å². The van der Waals surface area contributed by atoms with E-state index in [-0.39, 0.29) is 16.4 Å².